The third-order valence-electron chi connectivity index (χ3n) is 6.87. The number of benzene rings is 4. The lowest BCUT2D eigenvalue weighted by Crippen LogP contribution is -2.00. The summed E-state index contributed by atoms with van der Waals surface area (Å²) < 4.78 is 14.1. The van der Waals surface area contributed by atoms with Crippen molar-refractivity contribution in [3.8, 4) is 11.4 Å². The summed E-state index contributed by atoms with van der Waals surface area (Å²) in [4.78, 5) is 4.75. The van der Waals surface area contributed by atoms with Gasteiger partial charge in [-0.3, -0.25) is 4.57 Å². The molecular formula is C29H17N5S. The molecule has 0 aliphatic carbocycles. The summed E-state index contributed by atoms with van der Waals surface area (Å²) in [6, 6.07) is 34.0. The van der Waals surface area contributed by atoms with Gasteiger partial charge in [-0.25, -0.2) is 4.98 Å². The monoisotopic (exact) mass is 467 g/mol. The molecule has 5 nitrogen and oxygen atoms in total. The van der Waals surface area contributed by atoms with Crippen LogP contribution in [0.1, 0.15) is 0 Å². The normalized spacial score (nSPS) is 12.0. The van der Waals surface area contributed by atoms with Crippen LogP contribution in [-0.2, 0) is 0 Å². The van der Waals surface area contributed by atoms with Crippen LogP contribution in [0.3, 0.4) is 0 Å². The van der Waals surface area contributed by atoms with Crippen molar-refractivity contribution in [1.82, 2.24) is 22.9 Å². The Morgan fingerprint density at radius 3 is 1.60 bits per heavy atom. The van der Waals surface area contributed by atoms with Crippen LogP contribution in [0.25, 0.3) is 66.2 Å². The predicted octanol–water partition coefficient (Wildman–Crippen LogP) is 7.28. The standard InChI is InChI=1S/C29H17N5S/c1-4-12-22-18(8-1)19-9-2-5-13-23(19)33(22)25-15-16-26(28-27(25)31-35-32-28)34-24-14-6-3-10-20(24)21-11-7-17-30-29(21)34/h1-17H. The van der Waals surface area contributed by atoms with E-state index in [1.54, 1.807) is 0 Å². The second-order valence-corrected chi connectivity index (χ2v) is 9.19. The summed E-state index contributed by atoms with van der Waals surface area (Å²) in [6.07, 6.45) is 1.85. The van der Waals surface area contributed by atoms with Gasteiger partial charge in [0.05, 0.1) is 39.7 Å². The minimum Gasteiger partial charge on any atom is -0.307 e. The number of para-hydroxylation sites is 3. The number of fused-ring (bicyclic) bond motifs is 7. The van der Waals surface area contributed by atoms with Crippen LogP contribution < -0.4 is 0 Å². The number of hydrogen-bond acceptors (Lipinski definition) is 4. The zero-order valence-corrected chi connectivity index (χ0v) is 19.3. The third-order valence-corrected chi connectivity index (χ3v) is 7.40. The Kier molecular flexibility index (Phi) is 3.75. The fourth-order valence-corrected chi connectivity index (χ4v) is 5.99. The molecule has 0 saturated carbocycles. The van der Waals surface area contributed by atoms with Gasteiger partial charge in [0.15, 0.2) is 0 Å². The fourth-order valence-electron chi connectivity index (χ4n) is 5.42. The Labute approximate surface area is 203 Å². The van der Waals surface area contributed by atoms with E-state index < -0.39 is 0 Å². The Morgan fingerprint density at radius 1 is 0.486 bits per heavy atom. The van der Waals surface area contributed by atoms with E-state index in [2.05, 4.69) is 100 Å². The second kappa shape index (κ2) is 6.98. The summed E-state index contributed by atoms with van der Waals surface area (Å²) >= 11 is 1.25. The molecule has 8 rings (SSSR count). The van der Waals surface area contributed by atoms with Crippen LogP contribution in [0.5, 0.6) is 0 Å². The van der Waals surface area contributed by atoms with Crippen LogP contribution in [0.2, 0.25) is 0 Å². The molecule has 0 spiro atoms. The average molecular weight is 468 g/mol. The first-order valence-corrected chi connectivity index (χ1v) is 12.2. The van der Waals surface area contributed by atoms with E-state index in [1.165, 1.54) is 27.9 Å². The Balaban J connectivity index is 1.49. The van der Waals surface area contributed by atoms with Gasteiger partial charge in [0.25, 0.3) is 0 Å². The van der Waals surface area contributed by atoms with E-state index in [9.17, 15) is 0 Å². The molecule has 164 valence electrons. The first-order valence-electron chi connectivity index (χ1n) is 11.5. The quantitative estimate of drug-likeness (QED) is 0.268. The van der Waals surface area contributed by atoms with Gasteiger partial charge in [0.1, 0.15) is 16.7 Å². The predicted molar refractivity (Wildman–Crippen MR) is 144 cm³/mol. The summed E-state index contributed by atoms with van der Waals surface area (Å²) in [6.45, 7) is 0. The molecule has 0 unspecified atom stereocenters. The largest absolute Gasteiger partial charge is 0.307 e. The lowest BCUT2D eigenvalue weighted by atomic mass is 10.2. The van der Waals surface area contributed by atoms with Crippen molar-refractivity contribution in [1.29, 1.82) is 0 Å². The molecule has 6 heteroatoms. The van der Waals surface area contributed by atoms with Crippen molar-refractivity contribution in [3.05, 3.63) is 103 Å². The number of hydrogen-bond donors (Lipinski definition) is 0. The van der Waals surface area contributed by atoms with E-state index in [0.717, 1.165) is 50.0 Å². The van der Waals surface area contributed by atoms with Crippen LogP contribution in [0.15, 0.2) is 103 Å². The lowest BCUT2D eigenvalue weighted by molar-refractivity contribution is 1.13. The van der Waals surface area contributed by atoms with Crippen molar-refractivity contribution in [3.63, 3.8) is 0 Å². The molecular weight excluding hydrogens is 450 g/mol. The fraction of sp³-hybridized carbons (Fsp3) is 0. The van der Waals surface area contributed by atoms with Gasteiger partial charge in [0.2, 0.25) is 0 Å². The van der Waals surface area contributed by atoms with E-state index in [0.29, 0.717) is 0 Å². The zero-order valence-electron chi connectivity index (χ0n) is 18.5. The average Bonchev–Trinajstić information content (AvgIpc) is 3.62. The number of pyridine rings is 1. The SMILES string of the molecule is c1ccc2c(c1)c1ccccc1n2-c1ccc(-n2c3ccccc3c3cccnc32)c2nsnc12. The van der Waals surface area contributed by atoms with Gasteiger partial charge in [0, 0.05) is 27.7 Å². The third kappa shape index (κ3) is 2.49. The van der Waals surface area contributed by atoms with Crippen molar-refractivity contribution in [2.45, 2.75) is 0 Å². The molecule has 0 fully saturated rings. The molecule has 0 bridgehead atoms. The van der Waals surface area contributed by atoms with Crippen molar-refractivity contribution < 1.29 is 0 Å². The summed E-state index contributed by atoms with van der Waals surface area (Å²) in [7, 11) is 0. The lowest BCUT2D eigenvalue weighted by Gasteiger charge is -2.12. The van der Waals surface area contributed by atoms with E-state index >= 15 is 0 Å². The second-order valence-electron chi connectivity index (χ2n) is 8.66. The minimum absolute atomic E-state index is 0.877. The van der Waals surface area contributed by atoms with E-state index in [1.807, 2.05) is 12.3 Å². The maximum absolute atomic E-state index is 4.79. The van der Waals surface area contributed by atoms with Crippen LogP contribution in [-0.4, -0.2) is 22.9 Å². The van der Waals surface area contributed by atoms with Gasteiger partial charge >= 0.3 is 0 Å². The zero-order chi connectivity index (χ0) is 22.9. The summed E-state index contributed by atoms with van der Waals surface area (Å²) in [5, 5.41) is 4.77. The molecule has 0 N–H and O–H groups in total. The topological polar surface area (TPSA) is 48.5 Å². The van der Waals surface area contributed by atoms with Crippen LogP contribution >= 0.6 is 11.7 Å². The van der Waals surface area contributed by atoms with Crippen molar-refractivity contribution in [2.24, 2.45) is 0 Å². The number of nitrogens with zero attached hydrogens (tertiary/aromatic N) is 5. The smallest absolute Gasteiger partial charge is 0.145 e. The molecule has 8 aromatic rings. The van der Waals surface area contributed by atoms with Gasteiger partial charge in [-0.2, -0.15) is 8.75 Å². The van der Waals surface area contributed by atoms with E-state index in [-0.39, 0.29) is 0 Å². The van der Waals surface area contributed by atoms with Gasteiger partial charge in [-0.05, 0) is 42.5 Å². The molecule has 0 amide bonds. The highest BCUT2D eigenvalue weighted by Gasteiger charge is 2.20. The van der Waals surface area contributed by atoms with Crippen LogP contribution in [0, 0.1) is 0 Å². The van der Waals surface area contributed by atoms with Crippen molar-refractivity contribution in [2.75, 3.05) is 0 Å². The first-order chi connectivity index (χ1) is 17.4. The van der Waals surface area contributed by atoms with Gasteiger partial charge in [-0.15, -0.1) is 0 Å². The molecule has 35 heavy (non-hydrogen) atoms. The molecule has 4 aromatic carbocycles. The highest BCUT2D eigenvalue weighted by Crippen LogP contribution is 2.37. The molecule has 0 saturated heterocycles. The molecule has 4 aromatic heterocycles. The Hall–Kier alpha value is -4.55. The minimum atomic E-state index is 0.877. The maximum Gasteiger partial charge on any atom is 0.145 e. The Bertz CT molecular complexity index is 1820. The van der Waals surface area contributed by atoms with Crippen molar-refractivity contribution >= 4 is 66.5 Å². The van der Waals surface area contributed by atoms with Crippen LogP contribution in [0.4, 0.5) is 0 Å². The number of rotatable bonds is 2. The molecule has 0 atom stereocenters. The van der Waals surface area contributed by atoms with Gasteiger partial charge < -0.3 is 4.57 Å². The Morgan fingerprint density at radius 2 is 0.971 bits per heavy atom. The number of aromatic nitrogens is 5. The van der Waals surface area contributed by atoms with E-state index in [4.69, 9.17) is 13.7 Å². The molecule has 0 radical (unpaired) electrons. The molecule has 4 heterocycles. The molecule has 0 aliphatic rings. The van der Waals surface area contributed by atoms with Gasteiger partial charge in [-0.1, -0.05) is 54.6 Å². The highest BCUT2D eigenvalue weighted by molar-refractivity contribution is 7.00. The first kappa shape index (κ1) is 18.8. The highest BCUT2D eigenvalue weighted by atomic mass is 32.1. The summed E-state index contributed by atoms with van der Waals surface area (Å²) in [5.41, 5.74) is 8.15. The molecule has 0 aliphatic heterocycles. The summed E-state index contributed by atoms with van der Waals surface area (Å²) in [5.74, 6) is 0. The maximum atomic E-state index is 4.79.